The topological polar surface area (TPSA) is 79.8 Å². The molecule has 0 fully saturated rings. The Morgan fingerprint density at radius 3 is 2.24 bits per heavy atom. The van der Waals surface area contributed by atoms with Crippen LogP contribution in [-0.4, -0.2) is 40.0 Å². The van der Waals surface area contributed by atoms with Gasteiger partial charge in [-0.15, -0.1) is 0 Å². The van der Waals surface area contributed by atoms with E-state index in [0.717, 1.165) is 4.31 Å². The number of sulfonamides is 1. The van der Waals surface area contributed by atoms with Gasteiger partial charge in [0, 0.05) is 25.1 Å². The van der Waals surface area contributed by atoms with E-state index < -0.39 is 10.0 Å². The van der Waals surface area contributed by atoms with Gasteiger partial charge in [0.15, 0.2) is 0 Å². The second-order valence-corrected chi connectivity index (χ2v) is 8.05. The molecule has 7 nitrogen and oxygen atoms in total. The van der Waals surface area contributed by atoms with E-state index in [2.05, 4.69) is 4.98 Å². The standard InChI is InChI=1S/C21H21N3O4S/c1-23(17-7-4-3-5-8-17)21(25)16-24(18-10-12-19(28-2)13-11-18)29(26,27)20-9-6-14-22-15-20/h3-15H,16H2,1-2H3. The fourth-order valence-corrected chi connectivity index (χ4v) is 4.09. The third-order valence-electron chi connectivity index (χ3n) is 4.38. The average molecular weight is 411 g/mol. The summed E-state index contributed by atoms with van der Waals surface area (Å²) in [6.07, 6.45) is 2.75. The molecule has 3 rings (SSSR count). The predicted molar refractivity (Wildman–Crippen MR) is 112 cm³/mol. The van der Waals surface area contributed by atoms with Crippen molar-refractivity contribution in [2.24, 2.45) is 0 Å². The number of carbonyl (C=O) groups excluding carboxylic acids is 1. The first kappa shape index (κ1) is 20.3. The van der Waals surface area contributed by atoms with Crippen LogP contribution in [0.3, 0.4) is 0 Å². The Bertz CT molecular complexity index is 1060. The lowest BCUT2D eigenvalue weighted by Gasteiger charge is -2.26. The molecule has 0 N–H and O–H groups in total. The van der Waals surface area contributed by atoms with Gasteiger partial charge in [-0.1, -0.05) is 18.2 Å². The number of aromatic nitrogens is 1. The van der Waals surface area contributed by atoms with Crippen LogP contribution in [0.25, 0.3) is 0 Å². The summed E-state index contributed by atoms with van der Waals surface area (Å²) in [4.78, 5) is 18.2. The molecule has 0 unspecified atom stereocenters. The van der Waals surface area contributed by atoms with Gasteiger partial charge in [0.2, 0.25) is 5.91 Å². The first-order valence-corrected chi connectivity index (χ1v) is 10.3. The molecule has 3 aromatic rings. The van der Waals surface area contributed by atoms with E-state index in [0.29, 0.717) is 17.1 Å². The number of likely N-dealkylation sites (N-methyl/N-ethyl adjacent to an activating group) is 1. The molecule has 0 atom stereocenters. The molecule has 0 radical (unpaired) electrons. The minimum atomic E-state index is -4.00. The SMILES string of the molecule is COc1ccc(N(CC(=O)N(C)c2ccccc2)S(=O)(=O)c2cccnc2)cc1. The molecule has 8 heteroatoms. The van der Waals surface area contributed by atoms with Crippen LogP contribution in [0.15, 0.2) is 84.0 Å². The molecule has 0 aliphatic rings. The fourth-order valence-electron chi connectivity index (χ4n) is 2.71. The maximum atomic E-state index is 13.3. The summed E-state index contributed by atoms with van der Waals surface area (Å²) in [5.74, 6) is 0.208. The molecule has 0 spiro atoms. The number of para-hydroxylation sites is 1. The quantitative estimate of drug-likeness (QED) is 0.597. The predicted octanol–water partition coefficient (Wildman–Crippen LogP) is 2.95. The van der Waals surface area contributed by atoms with Gasteiger partial charge in [0.1, 0.15) is 17.2 Å². The van der Waals surface area contributed by atoms with E-state index in [1.807, 2.05) is 18.2 Å². The second kappa shape index (κ2) is 8.74. The molecule has 0 bridgehead atoms. The molecule has 1 amide bonds. The molecule has 1 aromatic heterocycles. The Kier molecular flexibility index (Phi) is 6.13. The fraction of sp³-hybridized carbons (Fsp3) is 0.143. The third kappa shape index (κ3) is 4.55. The van der Waals surface area contributed by atoms with Gasteiger partial charge >= 0.3 is 0 Å². The number of pyridine rings is 1. The number of methoxy groups -OCH3 is 1. The van der Waals surface area contributed by atoms with E-state index in [9.17, 15) is 13.2 Å². The molecule has 29 heavy (non-hydrogen) atoms. The monoisotopic (exact) mass is 411 g/mol. The van der Waals surface area contributed by atoms with Crippen LogP contribution < -0.4 is 13.9 Å². The zero-order valence-corrected chi connectivity index (χ0v) is 16.9. The number of benzene rings is 2. The maximum absolute atomic E-state index is 13.3. The van der Waals surface area contributed by atoms with E-state index in [1.54, 1.807) is 43.4 Å². The van der Waals surface area contributed by atoms with Crippen molar-refractivity contribution >= 4 is 27.3 Å². The van der Waals surface area contributed by atoms with Crippen LogP contribution >= 0.6 is 0 Å². The summed E-state index contributed by atoms with van der Waals surface area (Å²) < 4.78 is 32.7. The van der Waals surface area contributed by atoms with E-state index in [1.165, 1.54) is 36.5 Å². The molecule has 0 aliphatic carbocycles. The largest absolute Gasteiger partial charge is 0.497 e. The van der Waals surface area contributed by atoms with Crippen molar-refractivity contribution in [3.63, 3.8) is 0 Å². The van der Waals surface area contributed by atoms with Gasteiger partial charge in [-0.05, 0) is 48.5 Å². The zero-order valence-electron chi connectivity index (χ0n) is 16.1. The Balaban J connectivity index is 1.97. The highest BCUT2D eigenvalue weighted by Gasteiger charge is 2.28. The van der Waals surface area contributed by atoms with Crippen LogP contribution in [0.5, 0.6) is 5.75 Å². The van der Waals surface area contributed by atoms with Gasteiger partial charge in [-0.2, -0.15) is 0 Å². The van der Waals surface area contributed by atoms with Crippen molar-refractivity contribution in [1.82, 2.24) is 4.98 Å². The first-order chi connectivity index (χ1) is 13.9. The highest BCUT2D eigenvalue weighted by atomic mass is 32.2. The summed E-state index contributed by atoms with van der Waals surface area (Å²) >= 11 is 0. The van der Waals surface area contributed by atoms with Crippen molar-refractivity contribution < 1.29 is 17.9 Å². The minimum Gasteiger partial charge on any atom is -0.497 e. The zero-order chi connectivity index (χ0) is 20.9. The van der Waals surface area contributed by atoms with Crippen LogP contribution in [0.4, 0.5) is 11.4 Å². The molecular formula is C21H21N3O4S. The van der Waals surface area contributed by atoms with Gasteiger partial charge in [0.05, 0.1) is 12.8 Å². The van der Waals surface area contributed by atoms with E-state index >= 15 is 0 Å². The van der Waals surface area contributed by atoms with Crippen LogP contribution in [0, 0.1) is 0 Å². The number of nitrogens with zero attached hydrogens (tertiary/aromatic N) is 3. The molecule has 0 saturated carbocycles. The van der Waals surface area contributed by atoms with Crippen molar-refractivity contribution in [2.45, 2.75) is 4.90 Å². The molecular weight excluding hydrogens is 390 g/mol. The number of amides is 1. The molecule has 150 valence electrons. The second-order valence-electron chi connectivity index (χ2n) is 6.19. The Morgan fingerprint density at radius 2 is 1.66 bits per heavy atom. The minimum absolute atomic E-state index is 0.00554. The van der Waals surface area contributed by atoms with Gasteiger partial charge in [-0.25, -0.2) is 8.42 Å². The molecule has 0 aliphatic heterocycles. The number of carbonyl (C=O) groups is 1. The lowest BCUT2D eigenvalue weighted by Crippen LogP contribution is -2.41. The van der Waals surface area contributed by atoms with Crippen molar-refractivity contribution in [2.75, 3.05) is 29.9 Å². The summed E-state index contributed by atoms with van der Waals surface area (Å²) in [7, 11) is -0.865. The summed E-state index contributed by atoms with van der Waals surface area (Å²) in [6, 6.07) is 18.5. The van der Waals surface area contributed by atoms with Gasteiger partial charge in [0.25, 0.3) is 10.0 Å². The third-order valence-corrected chi connectivity index (χ3v) is 6.14. The van der Waals surface area contributed by atoms with Gasteiger partial charge in [-0.3, -0.25) is 14.1 Å². The smallest absolute Gasteiger partial charge is 0.266 e. The number of hydrogen-bond acceptors (Lipinski definition) is 5. The summed E-state index contributed by atoms with van der Waals surface area (Å²) in [5, 5.41) is 0. The number of ether oxygens (including phenoxy) is 1. The number of hydrogen-bond donors (Lipinski definition) is 0. The molecule has 2 aromatic carbocycles. The van der Waals surface area contributed by atoms with E-state index in [-0.39, 0.29) is 17.3 Å². The van der Waals surface area contributed by atoms with Gasteiger partial charge < -0.3 is 9.64 Å². The maximum Gasteiger partial charge on any atom is 0.266 e. The average Bonchev–Trinajstić information content (AvgIpc) is 2.78. The molecule has 0 saturated heterocycles. The lowest BCUT2D eigenvalue weighted by molar-refractivity contribution is -0.116. The Labute approximate surface area is 170 Å². The number of rotatable bonds is 7. The number of anilines is 2. The highest BCUT2D eigenvalue weighted by Crippen LogP contribution is 2.26. The molecule has 1 heterocycles. The van der Waals surface area contributed by atoms with Crippen LogP contribution in [0.1, 0.15) is 0 Å². The summed E-state index contributed by atoms with van der Waals surface area (Å²) in [5.41, 5.74) is 1.02. The Hall–Kier alpha value is -3.39. The van der Waals surface area contributed by atoms with Crippen molar-refractivity contribution in [3.05, 3.63) is 79.1 Å². The first-order valence-electron chi connectivity index (χ1n) is 8.82. The van der Waals surface area contributed by atoms with Crippen LogP contribution in [0.2, 0.25) is 0 Å². The van der Waals surface area contributed by atoms with E-state index in [4.69, 9.17) is 4.74 Å². The van der Waals surface area contributed by atoms with Crippen molar-refractivity contribution in [3.8, 4) is 5.75 Å². The Morgan fingerprint density at radius 1 is 0.966 bits per heavy atom. The normalized spacial score (nSPS) is 11.0. The summed E-state index contributed by atoms with van der Waals surface area (Å²) in [6.45, 7) is -0.366. The van der Waals surface area contributed by atoms with Crippen LogP contribution in [-0.2, 0) is 14.8 Å². The van der Waals surface area contributed by atoms with Crippen molar-refractivity contribution in [1.29, 1.82) is 0 Å². The highest BCUT2D eigenvalue weighted by molar-refractivity contribution is 7.92. The lowest BCUT2D eigenvalue weighted by atomic mass is 10.3.